The van der Waals surface area contributed by atoms with Gasteiger partial charge in [0.2, 0.25) is 0 Å². The van der Waals surface area contributed by atoms with Gasteiger partial charge in [0, 0.05) is 18.5 Å². The van der Waals surface area contributed by atoms with Crippen LogP contribution in [0.15, 0.2) is 34.7 Å². The first-order valence-electron chi connectivity index (χ1n) is 6.75. The number of methoxy groups -OCH3 is 2. The van der Waals surface area contributed by atoms with Crippen molar-refractivity contribution in [3.05, 3.63) is 47.4 Å². The number of benzene rings is 1. The molecule has 0 unspecified atom stereocenters. The van der Waals surface area contributed by atoms with Gasteiger partial charge in [0.25, 0.3) is 5.91 Å². The van der Waals surface area contributed by atoms with Crippen LogP contribution in [0.25, 0.3) is 0 Å². The van der Waals surface area contributed by atoms with E-state index < -0.39 is 0 Å². The van der Waals surface area contributed by atoms with Gasteiger partial charge < -0.3 is 19.2 Å². The highest BCUT2D eigenvalue weighted by Gasteiger charge is 2.12. The van der Waals surface area contributed by atoms with Crippen molar-refractivity contribution in [1.82, 2.24) is 5.32 Å². The van der Waals surface area contributed by atoms with E-state index in [1.807, 2.05) is 25.1 Å². The van der Waals surface area contributed by atoms with E-state index in [0.29, 0.717) is 23.8 Å². The molecule has 21 heavy (non-hydrogen) atoms. The quantitative estimate of drug-likeness (QED) is 0.888. The Morgan fingerprint density at radius 3 is 2.62 bits per heavy atom. The summed E-state index contributed by atoms with van der Waals surface area (Å²) in [5.41, 5.74) is 0.840. The van der Waals surface area contributed by atoms with Crippen LogP contribution in [0, 0.1) is 0 Å². The summed E-state index contributed by atoms with van der Waals surface area (Å²) in [4.78, 5) is 12.0. The third-order valence-corrected chi connectivity index (χ3v) is 3.16. The lowest BCUT2D eigenvalue weighted by molar-refractivity contribution is 0.0921. The Hall–Kier alpha value is -2.43. The van der Waals surface area contributed by atoms with Gasteiger partial charge in [-0.3, -0.25) is 4.79 Å². The van der Waals surface area contributed by atoms with Crippen LogP contribution in [0.4, 0.5) is 0 Å². The van der Waals surface area contributed by atoms with Crippen molar-refractivity contribution in [3.63, 3.8) is 0 Å². The summed E-state index contributed by atoms with van der Waals surface area (Å²) in [6.07, 6.45) is 0.761. The molecular formula is C16H19NO4. The summed E-state index contributed by atoms with van der Waals surface area (Å²) >= 11 is 0. The Morgan fingerprint density at radius 1 is 1.19 bits per heavy atom. The minimum absolute atomic E-state index is 0.250. The number of hydrogen-bond acceptors (Lipinski definition) is 4. The number of furan rings is 1. The van der Waals surface area contributed by atoms with Crippen LogP contribution in [0.3, 0.4) is 0 Å². The van der Waals surface area contributed by atoms with E-state index in [9.17, 15) is 4.79 Å². The van der Waals surface area contributed by atoms with Crippen LogP contribution < -0.4 is 14.8 Å². The normalized spacial score (nSPS) is 10.2. The molecule has 1 aromatic heterocycles. The first-order chi connectivity index (χ1) is 10.2. The molecule has 0 aliphatic heterocycles. The molecule has 0 aliphatic carbocycles. The summed E-state index contributed by atoms with van der Waals surface area (Å²) in [6.45, 7) is 2.31. The number of ether oxygens (including phenoxy) is 2. The lowest BCUT2D eigenvalue weighted by Crippen LogP contribution is -2.22. The van der Waals surface area contributed by atoms with Crippen LogP contribution in [-0.2, 0) is 13.0 Å². The second kappa shape index (κ2) is 6.83. The predicted octanol–water partition coefficient (Wildman–Crippen LogP) is 2.79. The summed E-state index contributed by atoms with van der Waals surface area (Å²) in [5.74, 6) is 2.27. The maximum absolute atomic E-state index is 12.0. The first-order valence-corrected chi connectivity index (χ1v) is 6.75. The van der Waals surface area contributed by atoms with Crippen molar-refractivity contribution in [1.29, 1.82) is 0 Å². The van der Waals surface area contributed by atoms with Gasteiger partial charge in [-0.1, -0.05) is 6.92 Å². The number of carbonyl (C=O) groups is 1. The van der Waals surface area contributed by atoms with E-state index in [4.69, 9.17) is 13.9 Å². The summed E-state index contributed by atoms with van der Waals surface area (Å²) in [7, 11) is 3.19. The molecule has 2 rings (SSSR count). The number of hydrogen-bond donors (Lipinski definition) is 1. The fraction of sp³-hybridized carbons (Fsp3) is 0.312. The molecule has 5 heteroatoms. The Bertz CT molecular complexity index is 618. The highest BCUT2D eigenvalue weighted by atomic mass is 16.5. The average Bonchev–Trinajstić information content (AvgIpc) is 3.01. The SMILES string of the molecule is CCc1ccc(C(=O)NCc2cc(OC)ccc2OC)o1. The van der Waals surface area contributed by atoms with E-state index >= 15 is 0 Å². The predicted molar refractivity (Wildman–Crippen MR) is 78.8 cm³/mol. The van der Waals surface area contributed by atoms with Crippen molar-refractivity contribution in [2.24, 2.45) is 0 Å². The van der Waals surface area contributed by atoms with Gasteiger partial charge >= 0.3 is 0 Å². The molecule has 0 atom stereocenters. The molecular weight excluding hydrogens is 270 g/mol. The van der Waals surface area contributed by atoms with Crippen LogP contribution in [0.1, 0.15) is 28.8 Å². The highest BCUT2D eigenvalue weighted by Crippen LogP contribution is 2.23. The smallest absolute Gasteiger partial charge is 0.287 e. The second-order valence-corrected chi connectivity index (χ2v) is 4.48. The fourth-order valence-electron chi connectivity index (χ4n) is 1.97. The van der Waals surface area contributed by atoms with Crippen LogP contribution in [-0.4, -0.2) is 20.1 Å². The van der Waals surface area contributed by atoms with Gasteiger partial charge in [0.1, 0.15) is 17.3 Å². The van der Waals surface area contributed by atoms with Gasteiger partial charge in [0.05, 0.1) is 14.2 Å². The lowest BCUT2D eigenvalue weighted by Gasteiger charge is -2.11. The van der Waals surface area contributed by atoms with E-state index in [1.54, 1.807) is 26.4 Å². The lowest BCUT2D eigenvalue weighted by atomic mass is 10.2. The fourth-order valence-corrected chi connectivity index (χ4v) is 1.97. The van der Waals surface area contributed by atoms with E-state index in [2.05, 4.69) is 5.32 Å². The minimum atomic E-state index is -0.250. The van der Waals surface area contributed by atoms with Crippen molar-refractivity contribution in [2.45, 2.75) is 19.9 Å². The van der Waals surface area contributed by atoms with E-state index in [1.165, 1.54) is 0 Å². The molecule has 1 aromatic carbocycles. The van der Waals surface area contributed by atoms with Crippen LogP contribution in [0.2, 0.25) is 0 Å². The van der Waals surface area contributed by atoms with Crippen molar-refractivity contribution >= 4 is 5.91 Å². The van der Waals surface area contributed by atoms with Crippen molar-refractivity contribution < 1.29 is 18.7 Å². The zero-order valence-electron chi connectivity index (χ0n) is 12.4. The monoisotopic (exact) mass is 289 g/mol. The zero-order valence-corrected chi connectivity index (χ0v) is 12.4. The Morgan fingerprint density at radius 2 is 2.00 bits per heavy atom. The molecule has 0 bridgehead atoms. The van der Waals surface area contributed by atoms with Crippen LogP contribution in [0.5, 0.6) is 11.5 Å². The number of amides is 1. The van der Waals surface area contributed by atoms with Crippen molar-refractivity contribution in [3.8, 4) is 11.5 Å². The maximum Gasteiger partial charge on any atom is 0.287 e. The minimum Gasteiger partial charge on any atom is -0.497 e. The molecule has 1 heterocycles. The molecule has 0 saturated carbocycles. The number of carbonyl (C=O) groups excluding carboxylic acids is 1. The third-order valence-electron chi connectivity index (χ3n) is 3.16. The molecule has 0 radical (unpaired) electrons. The summed E-state index contributed by atoms with van der Waals surface area (Å²) in [5, 5.41) is 2.81. The highest BCUT2D eigenvalue weighted by molar-refractivity contribution is 5.91. The van der Waals surface area contributed by atoms with Crippen molar-refractivity contribution in [2.75, 3.05) is 14.2 Å². The van der Waals surface area contributed by atoms with E-state index in [-0.39, 0.29) is 5.91 Å². The standard InChI is InChI=1S/C16H19NO4/c1-4-12-5-8-15(21-12)16(18)17-10-11-9-13(19-2)6-7-14(11)20-3/h5-9H,4,10H2,1-3H3,(H,17,18). The molecule has 0 fully saturated rings. The second-order valence-electron chi connectivity index (χ2n) is 4.48. The van der Waals surface area contributed by atoms with Gasteiger partial charge in [-0.05, 0) is 30.3 Å². The summed E-state index contributed by atoms with van der Waals surface area (Å²) < 4.78 is 15.9. The largest absolute Gasteiger partial charge is 0.497 e. The van der Waals surface area contributed by atoms with E-state index in [0.717, 1.165) is 17.7 Å². The first kappa shape index (κ1) is 15.0. The summed E-state index contributed by atoms with van der Waals surface area (Å²) in [6, 6.07) is 8.93. The Balaban J connectivity index is 2.06. The molecule has 5 nitrogen and oxygen atoms in total. The molecule has 0 spiro atoms. The van der Waals surface area contributed by atoms with Crippen LogP contribution >= 0.6 is 0 Å². The third kappa shape index (κ3) is 3.56. The molecule has 1 amide bonds. The molecule has 0 saturated heterocycles. The number of rotatable bonds is 6. The molecule has 112 valence electrons. The topological polar surface area (TPSA) is 60.7 Å². The molecule has 0 aliphatic rings. The van der Waals surface area contributed by atoms with Gasteiger partial charge in [0.15, 0.2) is 5.76 Å². The Kier molecular flexibility index (Phi) is 4.87. The Labute approximate surface area is 123 Å². The number of nitrogens with one attached hydrogen (secondary N) is 1. The van der Waals surface area contributed by atoms with Gasteiger partial charge in [-0.2, -0.15) is 0 Å². The van der Waals surface area contributed by atoms with Gasteiger partial charge in [-0.15, -0.1) is 0 Å². The average molecular weight is 289 g/mol. The van der Waals surface area contributed by atoms with Gasteiger partial charge in [-0.25, -0.2) is 0 Å². The number of aryl methyl sites for hydroxylation is 1. The molecule has 2 aromatic rings. The molecule has 1 N–H and O–H groups in total. The zero-order chi connectivity index (χ0) is 15.2. The maximum atomic E-state index is 12.0.